The van der Waals surface area contributed by atoms with Crippen molar-refractivity contribution in [2.75, 3.05) is 63.1 Å². The van der Waals surface area contributed by atoms with Crippen LogP contribution in [0.1, 0.15) is 6.92 Å². The molecule has 0 radical (unpaired) electrons. The monoisotopic (exact) mass is 413 g/mol. The summed E-state index contributed by atoms with van der Waals surface area (Å²) in [5.74, 6) is 1.74. The number of aromatic nitrogens is 1. The van der Waals surface area contributed by atoms with Crippen LogP contribution < -0.4 is 24.8 Å². The fourth-order valence-corrected chi connectivity index (χ4v) is 3.55. The molecule has 1 fully saturated rings. The van der Waals surface area contributed by atoms with Crippen LogP contribution in [0.25, 0.3) is 0 Å². The van der Waals surface area contributed by atoms with Gasteiger partial charge in [0.25, 0.3) is 17.6 Å². The van der Waals surface area contributed by atoms with E-state index in [-0.39, 0.29) is 18.4 Å². The molecule has 0 aliphatic carbocycles. The van der Waals surface area contributed by atoms with E-state index in [0.29, 0.717) is 37.6 Å². The summed E-state index contributed by atoms with van der Waals surface area (Å²) >= 11 is 0. The number of hydrogen-bond donors (Lipinski definition) is 2. The second-order valence-electron chi connectivity index (χ2n) is 7.35. The van der Waals surface area contributed by atoms with Crippen LogP contribution >= 0.6 is 0 Å². The second kappa shape index (κ2) is 10.6. The molecule has 2 aromatic rings. The predicted molar refractivity (Wildman–Crippen MR) is 115 cm³/mol. The molecule has 160 valence electrons. The summed E-state index contributed by atoms with van der Waals surface area (Å²) in [5.41, 5.74) is 0.690. The highest BCUT2D eigenvalue weighted by molar-refractivity contribution is 5.91. The number of anilines is 2. The van der Waals surface area contributed by atoms with Crippen molar-refractivity contribution in [1.82, 2.24) is 4.90 Å². The van der Waals surface area contributed by atoms with Crippen molar-refractivity contribution in [3.8, 4) is 5.75 Å². The van der Waals surface area contributed by atoms with Crippen LogP contribution in [0, 0.1) is 0 Å². The van der Waals surface area contributed by atoms with Crippen LogP contribution in [0.3, 0.4) is 0 Å². The second-order valence-corrected chi connectivity index (χ2v) is 7.35. The molecule has 3 N–H and O–H groups in total. The highest BCUT2D eigenvalue weighted by Crippen LogP contribution is 2.16. The minimum atomic E-state index is -0.114. The number of quaternary nitrogens is 1. The fraction of sp³-hybridized carbons (Fsp3) is 0.409. The SMILES string of the molecule is CC[NH+](CC(=O)Nc1cccc(OC)c1)CC(=O)N1CCN(c2cccc[nH+]2)CC1. The number of hydrogen-bond acceptors (Lipinski definition) is 4. The van der Waals surface area contributed by atoms with Crippen molar-refractivity contribution >= 4 is 23.3 Å². The largest absolute Gasteiger partial charge is 0.497 e. The first-order valence-electron chi connectivity index (χ1n) is 10.4. The maximum Gasteiger partial charge on any atom is 0.279 e. The zero-order chi connectivity index (χ0) is 21.3. The molecule has 0 spiro atoms. The summed E-state index contributed by atoms with van der Waals surface area (Å²) in [7, 11) is 1.59. The first kappa shape index (κ1) is 21.6. The Balaban J connectivity index is 1.47. The smallest absolute Gasteiger partial charge is 0.279 e. The lowest BCUT2D eigenvalue weighted by Gasteiger charge is -2.31. The molecule has 1 aromatic heterocycles. The van der Waals surface area contributed by atoms with E-state index in [4.69, 9.17) is 4.74 Å². The summed E-state index contributed by atoms with van der Waals surface area (Å²) in [6, 6.07) is 13.3. The van der Waals surface area contributed by atoms with Crippen molar-refractivity contribution in [3.05, 3.63) is 48.7 Å². The van der Waals surface area contributed by atoms with Crippen molar-refractivity contribution < 1.29 is 24.2 Å². The van der Waals surface area contributed by atoms with E-state index in [2.05, 4.69) is 15.2 Å². The summed E-state index contributed by atoms with van der Waals surface area (Å²) in [4.78, 5) is 33.5. The third-order valence-electron chi connectivity index (χ3n) is 5.33. The Morgan fingerprint density at radius 3 is 2.57 bits per heavy atom. The van der Waals surface area contributed by atoms with Gasteiger partial charge in [0, 0.05) is 17.8 Å². The minimum absolute atomic E-state index is 0.0951. The molecule has 0 bridgehead atoms. The Morgan fingerprint density at radius 2 is 1.90 bits per heavy atom. The van der Waals surface area contributed by atoms with E-state index in [1.807, 2.05) is 54.4 Å². The molecule has 1 saturated heterocycles. The highest BCUT2D eigenvalue weighted by Gasteiger charge is 2.28. The van der Waals surface area contributed by atoms with Gasteiger partial charge in [-0.2, -0.15) is 0 Å². The molecule has 8 heteroatoms. The Kier molecular flexibility index (Phi) is 7.62. The number of H-pyrrole nitrogens is 1. The number of piperazine rings is 1. The van der Waals surface area contributed by atoms with Gasteiger partial charge < -0.3 is 19.9 Å². The fourth-order valence-electron chi connectivity index (χ4n) is 3.55. The highest BCUT2D eigenvalue weighted by atomic mass is 16.5. The van der Waals surface area contributed by atoms with E-state index >= 15 is 0 Å². The Morgan fingerprint density at radius 1 is 1.10 bits per heavy atom. The van der Waals surface area contributed by atoms with Crippen molar-refractivity contribution in [2.45, 2.75) is 6.92 Å². The average molecular weight is 414 g/mol. The van der Waals surface area contributed by atoms with E-state index in [1.54, 1.807) is 13.2 Å². The molecule has 1 aromatic carbocycles. The van der Waals surface area contributed by atoms with Crippen LogP contribution in [0.2, 0.25) is 0 Å². The van der Waals surface area contributed by atoms with Gasteiger partial charge in [-0.05, 0) is 25.1 Å². The van der Waals surface area contributed by atoms with Crippen molar-refractivity contribution in [1.29, 1.82) is 0 Å². The van der Waals surface area contributed by atoms with Gasteiger partial charge in [-0.15, -0.1) is 0 Å². The van der Waals surface area contributed by atoms with Crippen LogP contribution in [-0.4, -0.2) is 69.6 Å². The van der Waals surface area contributed by atoms with E-state index < -0.39 is 0 Å². The normalized spacial score (nSPS) is 14.9. The molecule has 1 unspecified atom stereocenters. The van der Waals surface area contributed by atoms with Crippen LogP contribution in [-0.2, 0) is 9.59 Å². The molecule has 2 heterocycles. The molecule has 1 atom stereocenters. The number of nitrogens with one attached hydrogen (secondary N) is 3. The van der Waals surface area contributed by atoms with Gasteiger partial charge in [-0.3, -0.25) is 14.5 Å². The summed E-state index contributed by atoms with van der Waals surface area (Å²) in [6.45, 7) is 6.23. The molecular weight excluding hydrogens is 382 g/mol. The van der Waals surface area contributed by atoms with Gasteiger partial charge in [-0.1, -0.05) is 12.1 Å². The summed E-state index contributed by atoms with van der Waals surface area (Å²) in [6.07, 6.45) is 1.91. The van der Waals surface area contributed by atoms with Gasteiger partial charge in [0.15, 0.2) is 13.1 Å². The number of ether oxygens (including phenoxy) is 1. The molecule has 1 aliphatic heterocycles. The number of carbonyl (C=O) groups is 2. The van der Waals surface area contributed by atoms with Gasteiger partial charge in [0.2, 0.25) is 0 Å². The molecule has 30 heavy (non-hydrogen) atoms. The van der Waals surface area contributed by atoms with Crippen LogP contribution in [0.4, 0.5) is 11.5 Å². The number of rotatable bonds is 8. The van der Waals surface area contributed by atoms with Crippen molar-refractivity contribution in [2.24, 2.45) is 0 Å². The Labute approximate surface area is 177 Å². The summed E-state index contributed by atoms with van der Waals surface area (Å²) in [5, 5.41) is 2.88. The summed E-state index contributed by atoms with van der Waals surface area (Å²) < 4.78 is 5.18. The lowest BCUT2D eigenvalue weighted by molar-refractivity contribution is -0.882. The van der Waals surface area contributed by atoms with E-state index in [9.17, 15) is 9.59 Å². The lowest BCUT2D eigenvalue weighted by Crippen LogP contribution is -3.14. The van der Waals surface area contributed by atoms with Gasteiger partial charge in [0.05, 0.1) is 32.9 Å². The third kappa shape index (κ3) is 5.93. The topological polar surface area (TPSA) is 80.5 Å². The minimum Gasteiger partial charge on any atom is -0.497 e. The van der Waals surface area contributed by atoms with Gasteiger partial charge in [0.1, 0.15) is 18.8 Å². The number of pyridine rings is 1. The van der Waals surface area contributed by atoms with Crippen LogP contribution in [0.15, 0.2) is 48.7 Å². The maximum absolute atomic E-state index is 12.8. The van der Waals surface area contributed by atoms with Gasteiger partial charge >= 0.3 is 0 Å². The molecule has 0 saturated carbocycles. The maximum atomic E-state index is 12.8. The molecule has 2 amide bonds. The number of likely N-dealkylation sites (N-methyl/N-ethyl adjacent to an activating group) is 1. The number of nitrogens with zero attached hydrogens (tertiary/aromatic N) is 2. The molecule has 1 aliphatic rings. The first-order valence-corrected chi connectivity index (χ1v) is 10.4. The van der Waals surface area contributed by atoms with Crippen LogP contribution in [0.5, 0.6) is 5.75 Å². The quantitative estimate of drug-likeness (QED) is 0.623. The number of amides is 2. The zero-order valence-corrected chi connectivity index (χ0v) is 17.7. The van der Waals surface area contributed by atoms with Crippen molar-refractivity contribution in [3.63, 3.8) is 0 Å². The predicted octanol–water partition coefficient (Wildman–Crippen LogP) is -0.299. The van der Waals surface area contributed by atoms with Gasteiger partial charge in [-0.25, -0.2) is 4.98 Å². The molecule has 3 rings (SSSR count). The molecule has 8 nitrogen and oxygen atoms in total. The first-order chi connectivity index (χ1) is 14.6. The number of benzene rings is 1. The van der Waals surface area contributed by atoms with E-state index in [0.717, 1.165) is 23.8 Å². The number of aromatic amines is 1. The Bertz CT molecular complexity index is 838. The Hall–Kier alpha value is -3.13. The lowest BCUT2D eigenvalue weighted by atomic mass is 10.3. The zero-order valence-electron chi connectivity index (χ0n) is 17.7. The average Bonchev–Trinajstić information content (AvgIpc) is 2.79. The number of carbonyl (C=O) groups excluding carboxylic acids is 2. The third-order valence-corrected chi connectivity index (χ3v) is 5.33. The standard InChI is InChI=1S/C22H29N5O3/c1-3-25(16-21(28)24-18-7-6-8-19(15-18)30-2)17-22(29)27-13-11-26(12-14-27)20-9-4-5-10-23-20/h4-10,15H,3,11-14,16-17H2,1-2H3,(H,24,28)/p+2. The molecular formula is C22H31N5O3+2. The van der Waals surface area contributed by atoms with E-state index in [1.165, 1.54) is 0 Å². The number of methoxy groups -OCH3 is 1.